The first-order chi connectivity index (χ1) is 5.20. The van der Waals surface area contributed by atoms with Gasteiger partial charge >= 0.3 is 0 Å². The van der Waals surface area contributed by atoms with E-state index < -0.39 is 15.3 Å². The summed E-state index contributed by atoms with van der Waals surface area (Å²) in [6, 6.07) is 0. The van der Waals surface area contributed by atoms with Crippen molar-refractivity contribution < 1.29 is 15.3 Å². The molecule has 0 rings (SSSR count). The zero-order chi connectivity index (χ0) is 10.7. The van der Waals surface area contributed by atoms with Crippen molar-refractivity contribution in [1.29, 1.82) is 0 Å². The molecular formula is CfN3O9-3. The Hall–Kier alpha value is -3.40. The Morgan fingerprint density at radius 1 is 0.538 bits per heavy atom. The van der Waals surface area contributed by atoms with Gasteiger partial charge in [0.05, 0.1) is 15.3 Å². The minimum atomic E-state index is -1.75. The van der Waals surface area contributed by atoms with Crippen LogP contribution in [-0.4, -0.2) is 15.3 Å². The molecule has 0 aliphatic heterocycles. The summed E-state index contributed by atoms with van der Waals surface area (Å²) in [5, 5.41) is 44.2. The van der Waals surface area contributed by atoms with Gasteiger partial charge in [-0.05, 0) is 0 Å². The summed E-state index contributed by atoms with van der Waals surface area (Å²) >= 11 is 0. The topological polar surface area (TPSA) is 199 Å². The minimum Gasteiger partial charge on any atom is -0.356 e. The molecule has 13 heteroatoms. The molecule has 0 amide bonds. The van der Waals surface area contributed by atoms with Gasteiger partial charge in [0.1, 0.15) is 0 Å². The van der Waals surface area contributed by atoms with E-state index in [2.05, 4.69) is 0 Å². The average molecular weight is 437 g/mol. The molecule has 0 aliphatic rings. The van der Waals surface area contributed by atoms with E-state index in [9.17, 15) is 0 Å². The van der Waals surface area contributed by atoms with Crippen molar-refractivity contribution in [1.82, 2.24) is 0 Å². The van der Waals surface area contributed by atoms with Crippen molar-refractivity contribution >= 4 is 0 Å². The van der Waals surface area contributed by atoms with Gasteiger partial charge in [0, 0.05) is 0 Å². The van der Waals surface area contributed by atoms with Gasteiger partial charge in [0.15, 0.2) is 0 Å². The molecule has 0 radical (unpaired) electrons. The van der Waals surface area contributed by atoms with Crippen molar-refractivity contribution in [2.24, 2.45) is 0 Å². The first-order valence-electron chi connectivity index (χ1n) is 1.64. The second kappa shape index (κ2) is 15.8. The van der Waals surface area contributed by atoms with E-state index >= 15 is 0 Å². The fourth-order valence-electron chi connectivity index (χ4n) is 0. The van der Waals surface area contributed by atoms with Crippen LogP contribution in [0.5, 0.6) is 0 Å². The fourth-order valence-corrected chi connectivity index (χ4v) is 0. The van der Waals surface area contributed by atoms with E-state index in [-0.39, 0.29) is 0 Å². The molecule has 13 heavy (non-hydrogen) atoms. The molecular weight excluding hydrogens is 437 g/mol. The van der Waals surface area contributed by atoms with Crippen molar-refractivity contribution in [2.75, 3.05) is 0 Å². The quantitative estimate of drug-likeness (QED) is 0.347. The summed E-state index contributed by atoms with van der Waals surface area (Å²) in [5.74, 6) is 0. The Morgan fingerprint density at radius 3 is 0.538 bits per heavy atom. The van der Waals surface area contributed by atoms with Crippen molar-refractivity contribution in [3.8, 4) is 0 Å². The Bertz CT molecular complexity index is 112. The first kappa shape index (κ1) is 22.6. The van der Waals surface area contributed by atoms with Gasteiger partial charge in [0.25, 0.3) is 0 Å². The summed E-state index contributed by atoms with van der Waals surface area (Å²) in [6.45, 7) is 0. The zero-order valence-corrected chi connectivity index (χ0v) is 7.97. The van der Waals surface area contributed by atoms with Gasteiger partial charge in [-0.25, -0.2) is 0 Å². The molecule has 0 heterocycles. The van der Waals surface area contributed by atoms with E-state index in [1.807, 2.05) is 0 Å². The smallest absolute Gasteiger partial charge is 0.0689 e. The monoisotopic (exact) mass is 435 g/mol. The Morgan fingerprint density at radius 2 is 0.538 bits per heavy atom. The van der Waals surface area contributed by atoms with E-state index in [4.69, 9.17) is 46.0 Å². The van der Waals surface area contributed by atoms with Gasteiger partial charge in [-0.2, -0.15) is 0 Å². The normalized spacial score (nSPS) is 5.54. The molecule has 0 atom stereocenters. The van der Waals surface area contributed by atoms with Crippen LogP contribution in [0.2, 0.25) is 0 Å². The van der Waals surface area contributed by atoms with Crippen LogP contribution in [-0.2, 0) is 0 Å². The van der Waals surface area contributed by atoms with Crippen LogP contribution in [0.4, 0.5) is 0 Å². The summed E-state index contributed by atoms with van der Waals surface area (Å²) in [5.41, 5.74) is 0. The second-order valence-corrected chi connectivity index (χ2v) is 0.671. The van der Waals surface area contributed by atoms with Crippen LogP contribution in [0.1, 0.15) is 0 Å². The van der Waals surface area contributed by atoms with Crippen LogP contribution < -0.4 is 0 Å². The van der Waals surface area contributed by atoms with Crippen molar-refractivity contribution in [3.63, 3.8) is 0 Å². The summed E-state index contributed by atoms with van der Waals surface area (Å²) < 4.78 is 0. The summed E-state index contributed by atoms with van der Waals surface area (Å²) in [6.07, 6.45) is 0. The third-order valence-corrected chi connectivity index (χ3v) is 0. The van der Waals surface area contributed by atoms with E-state index in [0.717, 1.165) is 0 Å². The molecule has 0 saturated heterocycles. The molecule has 0 bridgehead atoms. The number of nitrogens with zero attached hydrogens (tertiary/aromatic N) is 3. The molecule has 0 aromatic rings. The summed E-state index contributed by atoms with van der Waals surface area (Å²) in [7, 11) is 0. The minimum absolute atomic E-state index is 0. The van der Waals surface area contributed by atoms with E-state index in [0.29, 0.717) is 0 Å². The predicted octanol–water partition coefficient (Wildman–Crippen LogP) is -0.717. The van der Waals surface area contributed by atoms with Crippen LogP contribution in [0, 0.1) is 46.0 Å². The number of rotatable bonds is 0. The Labute approximate surface area is 62.6 Å². The molecule has 0 spiro atoms. The molecule has 0 unspecified atom stereocenters. The molecule has 0 aromatic heterocycles. The third-order valence-electron chi connectivity index (χ3n) is 0. The van der Waals surface area contributed by atoms with E-state index in [1.165, 1.54) is 0 Å². The van der Waals surface area contributed by atoms with Gasteiger partial charge in [-0.3, -0.25) is 0 Å². The molecule has 12 nitrogen and oxygen atoms in total. The maximum Gasteiger partial charge on any atom is 0.0689 e. The second-order valence-electron chi connectivity index (χ2n) is 0.671. The maximum atomic E-state index is 8.25. The van der Waals surface area contributed by atoms with Gasteiger partial charge in [-0.1, -0.05) is 0 Å². The molecule has 0 aromatic carbocycles. The van der Waals surface area contributed by atoms with Crippen LogP contribution in [0.25, 0.3) is 0 Å². The number of hydrogen-bond acceptors (Lipinski definition) is 9. The average Bonchev–Trinajstić information content (AvgIpc) is 1.54. The van der Waals surface area contributed by atoms with Crippen molar-refractivity contribution in [2.45, 2.75) is 0 Å². The molecule has 0 N–H and O–H groups in total. The SMILES string of the molecule is O=[N+]([O-])[O-].O=[N+]([O-])[O-].O=[N+]([O-])[O-].[Cf]. The van der Waals surface area contributed by atoms with Gasteiger partial charge in [0.2, 0.25) is 0 Å². The predicted molar refractivity (Wildman–Crippen MR) is 31.1 cm³/mol. The Balaban J connectivity index is -0.0000000450. The van der Waals surface area contributed by atoms with Crippen LogP contribution >= 0.6 is 0 Å². The van der Waals surface area contributed by atoms with Crippen LogP contribution in [0.3, 0.4) is 0 Å². The van der Waals surface area contributed by atoms with Gasteiger partial charge in [-0.15, -0.1) is 0 Å². The summed E-state index contributed by atoms with van der Waals surface area (Å²) in [4.78, 5) is 24.8. The zero-order valence-electron chi connectivity index (χ0n) is 5.33. The molecule has 0 fully saturated rings. The molecule has 0 saturated carbocycles. The van der Waals surface area contributed by atoms with Gasteiger partial charge < -0.3 is 46.0 Å². The first-order valence-corrected chi connectivity index (χ1v) is 1.64. The van der Waals surface area contributed by atoms with Crippen LogP contribution in [0.15, 0.2) is 0 Å². The standard InChI is InChI=1S/Cf.3NO3/c;3*2-1(3)4/q;3*-1. The number of hydrogen-bond donors (Lipinski definition) is 0. The third kappa shape index (κ3) is 32.4. The largest absolute Gasteiger partial charge is 0.356 e. The Kier molecular flexibility index (Phi) is 27.6. The van der Waals surface area contributed by atoms with Crippen molar-refractivity contribution in [3.05, 3.63) is 46.0 Å². The maximum absolute atomic E-state index is 8.25. The fraction of sp³-hybridized carbons (Fsp3) is 0. The molecule has 0 aliphatic carbocycles. The molecule has 82 valence electrons. The van der Waals surface area contributed by atoms with E-state index in [1.54, 1.807) is 0 Å².